The van der Waals surface area contributed by atoms with Crippen LogP contribution in [0.15, 0.2) is 23.6 Å². The molecule has 6 heteroatoms. The van der Waals surface area contributed by atoms with Crippen LogP contribution >= 0.6 is 11.3 Å². The summed E-state index contributed by atoms with van der Waals surface area (Å²) in [6, 6.07) is 6.24. The first-order valence-electron chi connectivity index (χ1n) is 8.98. The predicted molar refractivity (Wildman–Crippen MR) is 103 cm³/mol. The van der Waals surface area contributed by atoms with Crippen LogP contribution in [0.3, 0.4) is 0 Å². The first-order valence-corrected chi connectivity index (χ1v) is 9.86. The summed E-state index contributed by atoms with van der Waals surface area (Å²) in [5.74, 6) is -0.551. The van der Waals surface area contributed by atoms with E-state index in [0.717, 1.165) is 35.5 Å². The van der Waals surface area contributed by atoms with Gasteiger partial charge in [0.05, 0.1) is 0 Å². The summed E-state index contributed by atoms with van der Waals surface area (Å²) in [5.41, 5.74) is 3.92. The molecule has 26 heavy (non-hydrogen) atoms. The fourth-order valence-corrected chi connectivity index (χ4v) is 4.41. The van der Waals surface area contributed by atoms with E-state index in [-0.39, 0.29) is 18.2 Å². The lowest BCUT2D eigenvalue weighted by molar-refractivity contribution is -0.137. The van der Waals surface area contributed by atoms with E-state index < -0.39 is 5.97 Å². The number of amides is 1. The Bertz CT molecular complexity index is 815. The van der Waals surface area contributed by atoms with Gasteiger partial charge in [0.15, 0.2) is 0 Å². The maximum Gasteiger partial charge on any atom is 0.303 e. The molecule has 0 saturated carbocycles. The molecule has 1 N–H and O–H groups in total. The monoisotopic (exact) mass is 372 g/mol. The van der Waals surface area contributed by atoms with Crippen molar-refractivity contribution in [2.45, 2.75) is 39.5 Å². The number of aryl methyl sites for hydroxylation is 2. The number of aromatic nitrogens is 1. The Hall–Kier alpha value is -2.21. The summed E-state index contributed by atoms with van der Waals surface area (Å²) in [5, 5.41) is 11.6. The molecular weight excluding hydrogens is 348 g/mol. The van der Waals surface area contributed by atoms with Gasteiger partial charge in [-0.1, -0.05) is 23.8 Å². The van der Waals surface area contributed by atoms with Gasteiger partial charge in [-0.25, -0.2) is 4.98 Å². The number of carboxylic acids is 1. The minimum Gasteiger partial charge on any atom is -0.481 e. The Balaban J connectivity index is 1.70. The maximum atomic E-state index is 12.8. The van der Waals surface area contributed by atoms with Crippen LogP contribution in [0.1, 0.15) is 47.3 Å². The van der Waals surface area contributed by atoms with E-state index in [0.29, 0.717) is 18.7 Å². The van der Waals surface area contributed by atoms with Crippen LogP contribution in [0.2, 0.25) is 0 Å². The Kier molecular flexibility index (Phi) is 5.71. The standard InChI is InChI=1S/C20H24N2O3S/c1-13-5-7-16(14(2)10-13)19-21-17(12-26-19)20(25)22-9-3-4-15(11-22)6-8-18(23)24/h5,7,10,12,15H,3-4,6,8-9,11H2,1-2H3,(H,23,24)/t15-/m0/s1. The van der Waals surface area contributed by atoms with Crippen molar-refractivity contribution in [1.82, 2.24) is 9.88 Å². The van der Waals surface area contributed by atoms with Crippen LogP contribution in [-0.4, -0.2) is 40.0 Å². The van der Waals surface area contributed by atoms with E-state index in [2.05, 4.69) is 37.0 Å². The molecule has 2 heterocycles. The zero-order valence-electron chi connectivity index (χ0n) is 15.2. The number of rotatable bonds is 5. The molecular formula is C20H24N2O3S. The number of hydrogen-bond acceptors (Lipinski definition) is 4. The topological polar surface area (TPSA) is 70.5 Å². The average molecular weight is 372 g/mol. The van der Waals surface area contributed by atoms with E-state index in [1.165, 1.54) is 16.9 Å². The van der Waals surface area contributed by atoms with Crippen LogP contribution in [0.4, 0.5) is 0 Å². The Labute approximate surface area is 157 Å². The third-order valence-electron chi connectivity index (χ3n) is 4.91. The molecule has 3 rings (SSSR count). The fraction of sp³-hybridized carbons (Fsp3) is 0.450. The number of carbonyl (C=O) groups excluding carboxylic acids is 1. The number of carbonyl (C=O) groups is 2. The Morgan fingerprint density at radius 1 is 1.35 bits per heavy atom. The molecule has 1 aliphatic heterocycles. The van der Waals surface area contributed by atoms with Crippen LogP contribution in [0.25, 0.3) is 10.6 Å². The van der Waals surface area contributed by atoms with Crippen LogP contribution in [-0.2, 0) is 4.79 Å². The molecule has 1 aromatic heterocycles. The molecule has 1 saturated heterocycles. The van der Waals surface area contributed by atoms with Gasteiger partial charge in [0.2, 0.25) is 0 Å². The largest absolute Gasteiger partial charge is 0.481 e. The summed E-state index contributed by atoms with van der Waals surface area (Å²) >= 11 is 1.49. The first-order chi connectivity index (χ1) is 12.4. The third kappa shape index (κ3) is 4.30. The zero-order valence-corrected chi connectivity index (χ0v) is 16.0. The summed E-state index contributed by atoms with van der Waals surface area (Å²) in [4.78, 5) is 30.0. The van der Waals surface area contributed by atoms with Crippen LogP contribution < -0.4 is 0 Å². The van der Waals surface area contributed by atoms with E-state index in [1.54, 1.807) is 0 Å². The number of hydrogen-bond donors (Lipinski definition) is 1. The van der Waals surface area contributed by atoms with Crippen molar-refractivity contribution in [2.24, 2.45) is 5.92 Å². The lowest BCUT2D eigenvalue weighted by Crippen LogP contribution is -2.40. The highest BCUT2D eigenvalue weighted by Crippen LogP contribution is 2.29. The molecule has 0 unspecified atom stereocenters. The SMILES string of the molecule is Cc1ccc(-c2nc(C(=O)N3CCC[C@@H](CCC(=O)O)C3)cs2)c(C)c1. The van der Waals surface area contributed by atoms with E-state index in [9.17, 15) is 9.59 Å². The molecule has 0 bridgehead atoms. The third-order valence-corrected chi connectivity index (χ3v) is 5.78. The van der Waals surface area contributed by atoms with E-state index in [1.807, 2.05) is 10.3 Å². The molecule has 0 spiro atoms. The molecule has 5 nitrogen and oxygen atoms in total. The maximum absolute atomic E-state index is 12.8. The van der Waals surface area contributed by atoms with Gasteiger partial charge in [-0.3, -0.25) is 9.59 Å². The molecule has 1 fully saturated rings. The van der Waals surface area contributed by atoms with Crippen molar-refractivity contribution in [3.63, 3.8) is 0 Å². The highest BCUT2D eigenvalue weighted by atomic mass is 32.1. The van der Waals surface area contributed by atoms with Gasteiger partial charge in [0.25, 0.3) is 5.91 Å². The Morgan fingerprint density at radius 3 is 2.88 bits per heavy atom. The second kappa shape index (κ2) is 7.99. The van der Waals surface area contributed by atoms with Crippen LogP contribution in [0, 0.1) is 19.8 Å². The number of nitrogens with zero attached hydrogens (tertiary/aromatic N) is 2. The highest BCUT2D eigenvalue weighted by molar-refractivity contribution is 7.13. The summed E-state index contributed by atoms with van der Waals surface area (Å²) < 4.78 is 0. The van der Waals surface area contributed by atoms with Crippen LogP contribution in [0.5, 0.6) is 0 Å². The smallest absolute Gasteiger partial charge is 0.303 e. The predicted octanol–water partition coefficient (Wildman–Crippen LogP) is 4.14. The van der Waals surface area contributed by atoms with Gasteiger partial charge in [-0.05, 0) is 44.6 Å². The molecule has 138 valence electrons. The molecule has 0 aliphatic carbocycles. The van der Waals surface area contributed by atoms with Crippen molar-refractivity contribution in [1.29, 1.82) is 0 Å². The lowest BCUT2D eigenvalue weighted by Gasteiger charge is -2.32. The van der Waals surface area contributed by atoms with Crippen molar-refractivity contribution < 1.29 is 14.7 Å². The second-order valence-corrected chi connectivity index (χ2v) is 7.91. The quantitative estimate of drug-likeness (QED) is 0.856. The van der Waals surface area contributed by atoms with Crippen molar-refractivity contribution in [3.05, 3.63) is 40.4 Å². The second-order valence-electron chi connectivity index (χ2n) is 7.05. The minimum absolute atomic E-state index is 0.0442. The van der Waals surface area contributed by atoms with Crippen molar-refractivity contribution in [2.75, 3.05) is 13.1 Å². The number of likely N-dealkylation sites (tertiary alicyclic amines) is 1. The summed E-state index contributed by atoms with van der Waals surface area (Å²) in [6.07, 6.45) is 2.70. The van der Waals surface area contributed by atoms with Gasteiger partial charge in [0, 0.05) is 30.5 Å². The van der Waals surface area contributed by atoms with Gasteiger partial charge < -0.3 is 10.0 Å². The van der Waals surface area contributed by atoms with Crippen molar-refractivity contribution >= 4 is 23.2 Å². The normalized spacial score (nSPS) is 17.3. The summed E-state index contributed by atoms with van der Waals surface area (Å²) in [6.45, 7) is 5.47. The van der Waals surface area contributed by atoms with E-state index in [4.69, 9.17) is 5.11 Å². The highest BCUT2D eigenvalue weighted by Gasteiger charge is 2.26. The number of aliphatic carboxylic acids is 1. The fourth-order valence-electron chi connectivity index (χ4n) is 3.52. The van der Waals surface area contributed by atoms with E-state index >= 15 is 0 Å². The summed E-state index contributed by atoms with van der Waals surface area (Å²) in [7, 11) is 0. The van der Waals surface area contributed by atoms with Gasteiger partial charge in [-0.2, -0.15) is 0 Å². The molecule has 1 atom stereocenters. The lowest BCUT2D eigenvalue weighted by atomic mass is 9.93. The molecule has 2 aromatic rings. The first kappa shape index (κ1) is 18.6. The van der Waals surface area contributed by atoms with Crippen molar-refractivity contribution in [3.8, 4) is 10.6 Å². The molecule has 1 amide bonds. The minimum atomic E-state index is -0.772. The van der Waals surface area contributed by atoms with Gasteiger partial charge in [0.1, 0.15) is 10.7 Å². The zero-order chi connectivity index (χ0) is 18.7. The van der Waals surface area contributed by atoms with Gasteiger partial charge >= 0.3 is 5.97 Å². The number of thiazole rings is 1. The number of carboxylic acid groups (broad SMARTS) is 1. The number of benzene rings is 1. The molecule has 1 aromatic carbocycles. The average Bonchev–Trinajstić information content (AvgIpc) is 3.09. The Morgan fingerprint density at radius 2 is 2.15 bits per heavy atom. The van der Waals surface area contributed by atoms with Gasteiger partial charge in [-0.15, -0.1) is 11.3 Å². The number of piperidine rings is 1. The molecule has 1 aliphatic rings. The molecule has 0 radical (unpaired) electrons.